The topological polar surface area (TPSA) is 26.3 Å². The summed E-state index contributed by atoms with van der Waals surface area (Å²) in [6.45, 7) is 5.75. The van der Waals surface area contributed by atoms with Crippen LogP contribution in [0.5, 0.6) is 0 Å². The predicted octanol–water partition coefficient (Wildman–Crippen LogP) is 3.72. The molecule has 100 valence electrons. The SMILES string of the molecule is C=C(C)C(=O)OCCCCCCC[SiH2]C(Br)Br. The van der Waals surface area contributed by atoms with Crippen molar-refractivity contribution >= 4 is 47.3 Å². The minimum atomic E-state index is -0.267. The van der Waals surface area contributed by atoms with E-state index in [0.717, 1.165) is 12.8 Å². The molecule has 0 aromatic carbocycles. The summed E-state index contributed by atoms with van der Waals surface area (Å²) in [5.74, 6) is -0.267. The van der Waals surface area contributed by atoms with Gasteiger partial charge in [-0.05, 0) is 13.3 Å². The van der Waals surface area contributed by atoms with Gasteiger partial charge >= 0.3 is 5.97 Å². The standard InChI is InChI=1S/C12H22Br2O2Si/c1-10(2)11(15)16-8-6-4-3-5-7-9-17-12(13)14/h12H,1,3-9,17H2,2H3. The van der Waals surface area contributed by atoms with Crippen LogP contribution < -0.4 is 0 Å². The molecule has 0 rings (SSSR count). The molecule has 0 aliphatic heterocycles. The Balaban J connectivity index is 3.14. The van der Waals surface area contributed by atoms with Crippen molar-refractivity contribution in [2.75, 3.05) is 6.61 Å². The maximum atomic E-state index is 11.1. The van der Waals surface area contributed by atoms with Crippen LogP contribution in [-0.4, -0.2) is 25.5 Å². The lowest BCUT2D eigenvalue weighted by Crippen LogP contribution is -2.06. The maximum absolute atomic E-state index is 11.1. The molecular formula is C12H22Br2O2Si. The third kappa shape index (κ3) is 12.6. The Hall–Kier alpha value is 0.387. The Morgan fingerprint density at radius 2 is 1.82 bits per heavy atom. The molecule has 0 spiro atoms. The van der Waals surface area contributed by atoms with Gasteiger partial charge in [0.25, 0.3) is 0 Å². The number of unbranched alkanes of at least 4 members (excludes halogenated alkanes) is 4. The lowest BCUT2D eigenvalue weighted by Gasteiger charge is -2.04. The van der Waals surface area contributed by atoms with Gasteiger partial charge in [-0.2, -0.15) is 0 Å². The van der Waals surface area contributed by atoms with E-state index in [0.29, 0.717) is 15.5 Å². The molecule has 0 aromatic heterocycles. The Kier molecular flexibility index (Phi) is 11.7. The first-order valence-electron chi connectivity index (χ1n) is 6.15. The summed E-state index contributed by atoms with van der Waals surface area (Å²) in [4.78, 5) is 11.1. The molecule has 0 fully saturated rings. The Bertz CT molecular complexity index is 233. The van der Waals surface area contributed by atoms with E-state index in [4.69, 9.17) is 4.74 Å². The minimum absolute atomic E-state index is 0.0366. The van der Waals surface area contributed by atoms with E-state index in [1.165, 1.54) is 25.3 Å². The van der Waals surface area contributed by atoms with Crippen molar-refractivity contribution in [3.63, 3.8) is 0 Å². The molecule has 2 nitrogen and oxygen atoms in total. The van der Waals surface area contributed by atoms with Crippen molar-refractivity contribution in [1.29, 1.82) is 0 Å². The molecule has 0 aromatic rings. The van der Waals surface area contributed by atoms with Crippen LogP contribution >= 0.6 is 31.9 Å². The summed E-state index contributed by atoms with van der Waals surface area (Å²) in [6.07, 6.45) is 6.00. The third-order valence-corrected chi connectivity index (χ3v) is 6.49. The number of esters is 1. The van der Waals surface area contributed by atoms with Crippen LogP contribution in [0, 0.1) is 0 Å². The molecule has 0 bridgehead atoms. The third-order valence-electron chi connectivity index (χ3n) is 2.40. The van der Waals surface area contributed by atoms with Crippen LogP contribution in [0.2, 0.25) is 6.04 Å². The number of alkyl halides is 2. The molecule has 0 amide bonds. The van der Waals surface area contributed by atoms with Gasteiger partial charge in [0.15, 0.2) is 0 Å². The van der Waals surface area contributed by atoms with Crippen LogP contribution in [0.15, 0.2) is 12.2 Å². The molecule has 5 heteroatoms. The average molecular weight is 386 g/mol. The van der Waals surface area contributed by atoms with Crippen molar-refractivity contribution in [2.45, 2.75) is 48.4 Å². The molecule has 0 saturated heterocycles. The predicted molar refractivity (Wildman–Crippen MR) is 83.9 cm³/mol. The largest absolute Gasteiger partial charge is 0.462 e. The fourth-order valence-electron chi connectivity index (χ4n) is 1.40. The van der Waals surface area contributed by atoms with Crippen LogP contribution in [0.25, 0.3) is 0 Å². The van der Waals surface area contributed by atoms with E-state index in [2.05, 4.69) is 38.4 Å². The van der Waals surface area contributed by atoms with Crippen molar-refractivity contribution in [1.82, 2.24) is 0 Å². The van der Waals surface area contributed by atoms with Gasteiger partial charge in [0.05, 0.1) is 9.97 Å². The highest BCUT2D eigenvalue weighted by molar-refractivity contribution is 9.25. The van der Waals surface area contributed by atoms with E-state index >= 15 is 0 Å². The van der Waals surface area contributed by atoms with Crippen LogP contribution in [-0.2, 0) is 9.53 Å². The highest BCUT2D eigenvalue weighted by atomic mass is 79.9. The molecule has 0 atom stereocenters. The van der Waals surface area contributed by atoms with E-state index < -0.39 is 0 Å². The Morgan fingerprint density at radius 1 is 1.24 bits per heavy atom. The van der Waals surface area contributed by atoms with E-state index in [-0.39, 0.29) is 15.5 Å². The molecule has 0 unspecified atom stereocenters. The zero-order chi connectivity index (χ0) is 13.1. The van der Waals surface area contributed by atoms with Crippen molar-refractivity contribution in [3.05, 3.63) is 12.2 Å². The number of rotatable bonds is 10. The smallest absolute Gasteiger partial charge is 0.333 e. The van der Waals surface area contributed by atoms with Gasteiger partial charge in [0.1, 0.15) is 0 Å². The fraction of sp³-hybridized carbons (Fsp3) is 0.750. The molecule has 0 aliphatic carbocycles. The number of halogens is 2. The summed E-state index contributed by atoms with van der Waals surface area (Å²) in [6, 6.07) is 1.39. The zero-order valence-electron chi connectivity index (χ0n) is 10.5. The summed E-state index contributed by atoms with van der Waals surface area (Å²) >= 11 is 7.05. The van der Waals surface area contributed by atoms with Gasteiger partial charge in [-0.1, -0.05) is 70.2 Å². The summed E-state index contributed by atoms with van der Waals surface area (Å²) in [7, 11) is 0.0366. The molecule has 0 aliphatic rings. The quantitative estimate of drug-likeness (QED) is 0.188. The first-order valence-corrected chi connectivity index (χ1v) is 9.79. The molecular weight excluding hydrogens is 364 g/mol. The van der Waals surface area contributed by atoms with Crippen molar-refractivity contribution in [2.24, 2.45) is 0 Å². The van der Waals surface area contributed by atoms with E-state index in [1.807, 2.05) is 0 Å². The molecule has 17 heavy (non-hydrogen) atoms. The summed E-state index contributed by atoms with van der Waals surface area (Å²) < 4.78 is 5.61. The second-order valence-electron chi connectivity index (χ2n) is 4.22. The summed E-state index contributed by atoms with van der Waals surface area (Å²) in [5.41, 5.74) is 0.481. The van der Waals surface area contributed by atoms with Gasteiger partial charge in [-0.3, -0.25) is 0 Å². The molecule has 0 saturated carbocycles. The Labute approximate surface area is 124 Å². The lowest BCUT2D eigenvalue weighted by molar-refractivity contribution is -0.139. The first kappa shape index (κ1) is 17.4. The second-order valence-corrected chi connectivity index (χ2v) is 12.1. The van der Waals surface area contributed by atoms with Gasteiger partial charge in [-0.25, -0.2) is 4.79 Å². The van der Waals surface area contributed by atoms with Crippen molar-refractivity contribution < 1.29 is 9.53 Å². The van der Waals surface area contributed by atoms with Gasteiger partial charge in [0, 0.05) is 15.1 Å². The highest BCUT2D eigenvalue weighted by Crippen LogP contribution is 2.11. The van der Waals surface area contributed by atoms with E-state index in [9.17, 15) is 4.79 Å². The lowest BCUT2D eigenvalue weighted by atomic mass is 10.2. The fourth-order valence-corrected chi connectivity index (χ4v) is 4.29. The van der Waals surface area contributed by atoms with Crippen LogP contribution in [0.1, 0.15) is 39.0 Å². The number of carbonyl (C=O) groups excluding carboxylic acids is 1. The van der Waals surface area contributed by atoms with Crippen molar-refractivity contribution in [3.8, 4) is 0 Å². The number of ether oxygens (including phenoxy) is 1. The van der Waals surface area contributed by atoms with Crippen LogP contribution in [0.3, 0.4) is 0 Å². The highest BCUT2D eigenvalue weighted by Gasteiger charge is 2.02. The number of carbonyl (C=O) groups is 1. The minimum Gasteiger partial charge on any atom is -0.462 e. The first-order chi connectivity index (χ1) is 8.04. The Morgan fingerprint density at radius 3 is 2.41 bits per heavy atom. The average Bonchev–Trinajstić information content (AvgIpc) is 2.25. The molecule has 0 N–H and O–H groups in total. The monoisotopic (exact) mass is 384 g/mol. The molecule has 0 radical (unpaired) electrons. The maximum Gasteiger partial charge on any atom is 0.333 e. The summed E-state index contributed by atoms with van der Waals surface area (Å²) in [5, 5.41) is 0. The zero-order valence-corrected chi connectivity index (χ0v) is 15.1. The molecule has 0 heterocycles. The number of hydrogen-bond acceptors (Lipinski definition) is 2. The van der Waals surface area contributed by atoms with Gasteiger partial charge < -0.3 is 4.74 Å². The second kappa shape index (κ2) is 11.5. The van der Waals surface area contributed by atoms with E-state index in [1.54, 1.807) is 6.92 Å². The van der Waals surface area contributed by atoms with Gasteiger partial charge in [-0.15, -0.1) is 0 Å². The normalized spacial score (nSPS) is 11.3. The van der Waals surface area contributed by atoms with Crippen LogP contribution in [0.4, 0.5) is 0 Å². The van der Waals surface area contributed by atoms with Gasteiger partial charge in [0.2, 0.25) is 0 Å². The number of hydrogen-bond donors (Lipinski definition) is 0.